The van der Waals surface area contributed by atoms with Crippen LogP contribution in [0.5, 0.6) is 0 Å². The summed E-state index contributed by atoms with van der Waals surface area (Å²) in [5, 5.41) is 13.8. The Bertz CT molecular complexity index is 1280. The lowest BCUT2D eigenvalue weighted by Gasteiger charge is -2.20. The zero-order chi connectivity index (χ0) is 24.8. The molecule has 0 aliphatic heterocycles. The quantitative estimate of drug-likeness (QED) is 0.467. The second-order valence-corrected chi connectivity index (χ2v) is 9.10. The van der Waals surface area contributed by atoms with Crippen molar-refractivity contribution in [2.24, 2.45) is 5.92 Å². The van der Waals surface area contributed by atoms with E-state index in [0.717, 1.165) is 47.9 Å². The van der Waals surface area contributed by atoms with Gasteiger partial charge in [-0.25, -0.2) is 9.59 Å². The van der Waals surface area contributed by atoms with Crippen molar-refractivity contribution in [2.45, 2.75) is 58.4 Å². The summed E-state index contributed by atoms with van der Waals surface area (Å²) in [5.41, 5.74) is 2.08. The number of rotatable bonds is 8. The van der Waals surface area contributed by atoms with Gasteiger partial charge in [0.05, 0.1) is 12.1 Å². The number of aromatic carboxylic acids is 1. The number of hydrogen-bond donors (Lipinski definition) is 1. The standard InChI is InChI=1S/C28H31N3O4/c1-2-3-13-25-29-31(26(32)18-20-9-5-4-6-10-20)28(35)30(25)19-21-14-16-22(17-15-21)23-11-7-8-12-24(23)27(33)34/h3,7-8,11-17,20H,2,4-6,9-10,18-19H2,1H3,(H,33,34). The molecule has 0 atom stereocenters. The second kappa shape index (κ2) is 11.1. The van der Waals surface area contributed by atoms with Crippen molar-refractivity contribution in [1.29, 1.82) is 0 Å². The molecule has 2 aromatic carbocycles. The first-order valence-corrected chi connectivity index (χ1v) is 12.3. The number of aromatic nitrogens is 3. The van der Waals surface area contributed by atoms with Gasteiger partial charge in [-0.2, -0.15) is 0 Å². The van der Waals surface area contributed by atoms with Gasteiger partial charge in [0.1, 0.15) is 0 Å². The highest BCUT2D eigenvalue weighted by molar-refractivity contribution is 5.96. The van der Waals surface area contributed by atoms with E-state index in [1.807, 2.05) is 37.3 Å². The molecule has 0 bridgehead atoms. The van der Waals surface area contributed by atoms with Gasteiger partial charge in [0, 0.05) is 6.42 Å². The van der Waals surface area contributed by atoms with Crippen LogP contribution in [0, 0.1) is 5.92 Å². The first kappa shape index (κ1) is 24.4. The molecule has 1 fully saturated rings. The molecule has 1 aliphatic rings. The van der Waals surface area contributed by atoms with Crippen LogP contribution in [0.15, 0.2) is 59.4 Å². The summed E-state index contributed by atoms with van der Waals surface area (Å²) < 4.78 is 2.55. The number of carboxylic acids is 1. The van der Waals surface area contributed by atoms with E-state index in [9.17, 15) is 19.5 Å². The number of nitrogens with zero attached hydrogens (tertiary/aromatic N) is 3. The van der Waals surface area contributed by atoms with Crippen molar-refractivity contribution in [3.05, 3.63) is 82.0 Å². The normalized spacial score (nSPS) is 14.4. The molecule has 1 aromatic heterocycles. The summed E-state index contributed by atoms with van der Waals surface area (Å²) in [6.45, 7) is 2.26. The number of benzene rings is 2. The van der Waals surface area contributed by atoms with Gasteiger partial charge in [-0.05, 0) is 54.0 Å². The minimum Gasteiger partial charge on any atom is -0.478 e. The van der Waals surface area contributed by atoms with E-state index in [1.165, 1.54) is 11.0 Å². The molecule has 7 heteroatoms. The van der Waals surface area contributed by atoms with Crippen LogP contribution in [0.3, 0.4) is 0 Å². The monoisotopic (exact) mass is 473 g/mol. The Morgan fingerprint density at radius 3 is 2.46 bits per heavy atom. The Morgan fingerprint density at radius 1 is 1.06 bits per heavy atom. The van der Waals surface area contributed by atoms with E-state index in [0.29, 0.717) is 23.7 Å². The molecular formula is C28H31N3O4. The number of carbonyl (C=O) groups is 2. The predicted molar refractivity (Wildman–Crippen MR) is 136 cm³/mol. The van der Waals surface area contributed by atoms with E-state index >= 15 is 0 Å². The third-order valence-corrected chi connectivity index (χ3v) is 6.58. The number of hydrogen-bond acceptors (Lipinski definition) is 4. The molecule has 1 aliphatic carbocycles. The lowest BCUT2D eigenvalue weighted by molar-refractivity contribution is 0.0697. The van der Waals surface area contributed by atoms with Crippen LogP contribution in [0.4, 0.5) is 0 Å². The van der Waals surface area contributed by atoms with Gasteiger partial charge in [0.15, 0.2) is 5.82 Å². The van der Waals surface area contributed by atoms with Gasteiger partial charge >= 0.3 is 11.7 Å². The highest BCUT2D eigenvalue weighted by Gasteiger charge is 2.22. The summed E-state index contributed by atoms with van der Waals surface area (Å²) >= 11 is 0. The number of carbonyl (C=O) groups excluding carboxylic acids is 1. The number of allylic oxidation sites excluding steroid dienone is 1. The van der Waals surface area contributed by atoms with E-state index < -0.39 is 11.7 Å². The Balaban J connectivity index is 1.59. The van der Waals surface area contributed by atoms with E-state index in [4.69, 9.17) is 0 Å². The van der Waals surface area contributed by atoms with E-state index in [2.05, 4.69) is 5.10 Å². The van der Waals surface area contributed by atoms with E-state index in [1.54, 1.807) is 30.3 Å². The SMILES string of the molecule is CCC=Cc1nn(C(=O)CC2CCCCC2)c(=O)n1Cc1ccc(-c2ccccc2C(=O)O)cc1. The minimum atomic E-state index is -0.978. The van der Waals surface area contributed by atoms with Gasteiger partial charge in [-0.1, -0.05) is 74.7 Å². The van der Waals surface area contributed by atoms with Gasteiger partial charge < -0.3 is 5.11 Å². The largest absolute Gasteiger partial charge is 0.478 e. The van der Waals surface area contributed by atoms with Gasteiger partial charge in [0.2, 0.25) is 0 Å². The molecule has 0 amide bonds. The van der Waals surface area contributed by atoms with Crippen molar-refractivity contribution < 1.29 is 14.7 Å². The Labute approximate surface area is 204 Å². The molecule has 35 heavy (non-hydrogen) atoms. The average Bonchev–Trinajstić information content (AvgIpc) is 3.18. The maximum atomic E-state index is 13.2. The van der Waals surface area contributed by atoms with Crippen LogP contribution in [0.1, 0.15) is 78.4 Å². The fourth-order valence-corrected chi connectivity index (χ4v) is 4.69. The molecule has 3 aromatic rings. The number of carboxylic acid groups (broad SMARTS) is 1. The third kappa shape index (κ3) is 5.67. The molecule has 1 N–H and O–H groups in total. The van der Waals surface area contributed by atoms with Crippen LogP contribution in [-0.2, 0) is 6.54 Å². The summed E-state index contributed by atoms with van der Waals surface area (Å²) in [5.74, 6) is -0.445. The van der Waals surface area contributed by atoms with Crippen LogP contribution in [0.2, 0.25) is 0 Å². The smallest absolute Gasteiger partial charge is 0.353 e. The molecular weight excluding hydrogens is 442 g/mol. The molecule has 0 saturated heterocycles. The maximum absolute atomic E-state index is 13.2. The molecule has 0 unspecified atom stereocenters. The molecule has 7 nitrogen and oxygen atoms in total. The topological polar surface area (TPSA) is 94.2 Å². The van der Waals surface area contributed by atoms with Crippen molar-refractivity contribution >= 4 is 18.0 Å². The van der Waals surface area contributed by atoms with E-state index in [-0.39, 0.29) is 18.0 Å². The van der Waals surface area contributed by atoms with Crippen LogP contribution >= 0.6 is 0 Å². The van der Waals surface area contributed by atoms with Crippen molar-refractivity contribution in [1.82, 2.24) is 14.3 Å². The Hall–Kier alpha value is -3.74. The highest BCUT2D eigenvalue weighted by atomic mass is 16.4. The Kier molecular flexibility index (Phi) is 7.75. The van der Waals surface area contributed by atoms with Gasteiger partial charge in [0.25, 0.3) is 5.91 Å². The fraction of sp³-hybridized carbons (Fsp3) is 0.357. The van der Waals surface area contributed by atoms with Gasteiger partial charge in [-0.3, -0.25) is 9.36 Å². The summed E-state index contributed by atoms with van der Waals surface area (Å²) in [6, 6.07) is 14.3. The predicted octanol–water partition coefficient (Wildman–Crippen LogP) is 5.49. The lowest BCUT2D eigenvalue weighted by Crippen LogP contribution is -2.31. The summed E-state index contributed by atoms with van der Waals surface area (Å²) in [4.78, 5) is 37.7. The van der Waals surface area contributed by atoms with Crippen LogP contribution in [-0.4, -0.2) is 31.3 Å². The maximum Gasteiger partial charge on any atom is 0.353 e. The fourth-order valence-electron chi connectivity index (χ4n) is 4.69. The average molecular weight is 474 g/mol. The zero-order valence-corrected chi connectivity index (χ0v) is 20.0. The van der Waals surface area contributed by atoms with Crippen molar-refractivity contribution in [3.8, 4) is 11.1 Å². The molecule has 4 rings (SSSR count). The van der Waals surface area contributed by atoms with Crippen LogP contribution < -0.4 is 5.69 Å². The molecule has 0 spiro atoms. The summed E-state index contributed by atoms with van der Waals surface area (Å²) in [6.07, 6.45) is 10.4. The summed E-state index contributed by atoms with van der Waals surface area (Å²) in [7, 11) is 0. The van der Waals surface area contributed by atoms with Gasteiger partial charge in [-0.15, -0.1) is 9.78 Å². The second-order valence-electron chi connectivity index (χ2n) is 9.10. The first-order valence-electron chi connectivity index (χ1n) is 12.3. The van der Waals surface area contributed by atoms with Crippen LogP contribution in [0.25, 0.3) is 17.2 Å². The minimum absolute atomic E-state index is 0.237. The first-order chi connectivity index (χ1) is 17.0. The van der Waals surface area contributed by atoms with Crippen molar-refractivity contribution in [2.75, 3.05) is 0 Å². The zero-order valence-electron chi connectivity index (χ0n) is 20.0. The Morgan fingerprint density at radius 2 is 1.77 bits per heavy atom. The molecule has 1 saturated carbocycles. The highest BCUT2D eigenvalue weighted by Crippen LogP contribution is 2.27. The molecule has 0 radical (unpaired) electrons. The third-order valence-electron chi connectivity index (χ3n) is 6.58. The lowest BCUT2D eigenvalue weighted by atomic mass is 9.87. The molecule has 1 heterocycles. The van der Waals surface area contributed by atoms with Crippen molar-refractivity contribution in [3.63, 3.8) is 0 Å². The molecule has 182 valence electrons.